The van der Waals surface area contributed by atoms with E-state index in [0.29, 0.717) is 0 Å². The minimum absolute atomic E-state index is 1.05. The van der Waals surface area contributed by atoms with Gasteiger partial charge in [-0.2, -0.15) is 0 Å². The fourth-order valence-corrected chi connectivity index (χ4v) is 5.41. The molecule has 0 aliphatic rings. The summed E-state index contributed by atoms with van der Waals surface area (Å²) in [5, 5.41) is 9.81. The van der Waals surface area contributed by atoms with Gasteiger partial charge in [-0.3, -0.25) is 0 Å². The summed E-state index contributed by atoms with van der Waals surface area (Å²) >= 11 is 0. The van der Waals surface area contributed by atoms with Crippen LogP contribution < -0.4 is 10.6 Å². The summed E-state index contributed by atoms with van der Waals surface area (Å²) in [7, 11) is 0. The van der Waals surface area contributed by atoms with Gasteiger partial charge in [-0.05, 0) is 72.3 Å². The van der Waals surface area contributed by atoms with Gasteiger partial charge in [0, 0.05) is 44.8 Å². The van der Waals surface area contributed by atoms with Crippen molar-refractivity contribution >= 4 is 44.6 Å². The number of nitrogens with zero attached hydrogens (tertiary/aromatic N) is 1. The molecule has 7 rings (SSSR count). The number of para-hydroxylation sites is 4. The summed E-state index contributed by atoms with van der Waals surface area (Å²) in [6.07, 6.45) is 0. The van der Waals surface area contributed by atoms with Gasteiger partial charge in [0.15, 0.2) is 0 Å². The number of benzene rings is 6. The predicted octanol–water partition coefficient (Wildman–Crippen LogP) is 9.94. The molecular formula is C36H27N3. The SMILES string of the molecule is c1ccc(Nc2cccc(Nc3ccccc3)c2-c2ccc3c(c2)c2ccccc2n3-c2ccccc2)cc1. The highest BCUT2D eigenvalue weighted by Gasteiger charge is 2.16. The smallest absolute Gasteiger partial charge is 0.0541 e. The van der Waals surface area contributed by atoms with Crippen LogP contribution in [0.5, 0.6) is 0 Å². The molecule has 2 N–H and O–H groups in total. The van der Waals surface area contributed by atoms with E-state index in [1.54, 1.807) is 0 Å². The number of fused-ring (bicyclic) bond motifs is 3. The molecule has 0 atom stereocenters. The van der Waals surface area contributed by atoms with Crippen molar-refractivity contribution in [3.63, 3.8) is 0 Å². The zero-order chi connectivity index (χ0) is 26.0. The van der Waals surface area contributed by atoms with Crippen LogP contribution in [0.15, 0.2) is 152 Å². The molecule has 0 unspecified atom stereocenters. The fourth-order valence-electron chi connectivity index (χ4n) is 5.41. The summed E-state index contributed by atoms with van der Waals surface area (Å²) in [5.41, 5.74) is 10.0. The first kappa shape index (κ1) is 22.9. The number of rotatable bonds is 6. The number of hydrogen-bond acceptors (Lipinski definition) is 2. The highest BCUT2D eigenvalue weighted by molar-refractivity contribution is 6.11. The molecule has 0 saturated heterocycles. The van der Waals surface area contributed by atoms with E-state index in [-0.39, 0.29) is 0 Å². The Morgan fingerprint density at radius 1 is 0.410 bits per heavy atom. The molecule has 3 nitrogen and oxygen atoms in total. The van der Waals surface area contributed by atoms with E-state index in [1.807, 2.05) is 12.1 Å². The molecule has 39 heavy (non-hydrogen) atoms. The molecule has 0 amide bonds. The van der Waals surface area contributed by atoms with Crippen LogP contribution in [0.1, 0.15) is 0 Å². The number of anilines is 4. The van der Waals surface area contributed by atoms with Crippen molar-refractivity contribution in [2.45, 2.75) is 0 Å². The van der Waals surface area contributed by atoms with Gasteiger partial charge in [0.25, 0.3) is 0 Å². The summed E-state index contributed by atoms with van der Waals surface area (Å²) in [4.78, 5) is 0. The predicted molar refractivity (Wildman–Crippen MR) is 166 cm³/mol. The minimum atomic E-state index is 1.05. The zero-order valence-electron chi connectivity index (χ0n) is 21.4. The summed E-state index contributed by atoms with van der Waals surface area (Å²) in [6, 6.07) is 53.1. The van der Waals surface area contributed by atoms with Gasteiger partial charge in [0.05, 0.1) is 11.0 Å². The quantitative estimate of drug-likeness (QED) is 0.237. The molecular weight excluding hydrogens is 474 g/mol. The molecule has 1 aromatic heterocycles. The van der Waals surface area contributed by atoms with Crippen LogP contribution in [-0.4, -0.2) is 4.57 Å². The molecule has 6 aromatic carbocycles. The molecule has 0 aliphatic carbocycles. The van der Waals surface area contributed by atoms with Gasteiger partial charge in [0.2, 0.25) is 0 Å². The van der Waals surface area contributed by atoms with Crippen LogP contribution in [-0.2, 0) is 0 Å². The van der Waals surface area contributed by atoms with Gasteiger partial charge in [-0.1, -0.05) is 84.9 Å². The fraction of sp³-hybridized carbons (Fsp3) is 0. The molecule has 0 radical (unpaired) electrons. The van der Waals surface area contributed by atoms with E-state index in [1.165, 1.54) is 21.8 Å². The number of aromatic nitrogens is 1. The van der Waals surface area contributed by atoms with Crippen LogP contribution in [0, 0.1) is 0 Å². The second-order valence-corrected chi connectivity index (χ2v) is 9.63. The van der Waals surface area contributed by atoms with Gasteiger partial charge >= 0.3 is 0 Å². The molecule has 7 aromatic rings. The van der Waals surface area contributed by atoms with E-state index in [2.05, 4.69) is 155 Å². The van der Waals surface area contributed by atoms with Crippen LogP contribution in [0.4, 0.5) is 22.7 Å². The highest BCUT2D eigenvalue weighted by atomic mass is 15.0. The monoisotopic (exact) mass is 501 g/mol. The Bertz CT molecular complexity index is 1830. The van der Waals surface area contributed by atoms with Gasteiger partial charge in [-0.15, -0.1) is 0 Å². The van der Waals surface area contributed by atoms with E-state index >= 15 is 0 Å². The molecule has 0 aliphatic heterocycles. The Morgan fingerprint density at radius 2 is 0.949 bits per heavy atom. The first-order chi connectivity index (χ1) is 19.3. The van der Waals surface area contributed by atoms with Gasteiger partial charge in [-0.25, -0.2) is 0 Å². The molecule has 1 heterocycles. The average molecular weight is 502 g/mol. The summed E-state index contributed by atoms with van der Waals surface area (Å²) in [6.45, 7) is 0. The van der Waals surface area contributed by atoms with Gasteiger partial charge < -0.3 is 15.2 Å². The second kappa shape index (κ2) is 9.88. The Kier molecular flexibility index (Phi) is 5.80. The lowest BCUT2D eigenvalue weighted by atomic mass is 9.98. The van der Waals surface area contributed by atoms with Crippen molar-refractivity contribution in [2.75, 3.05) is 10.6 Å². The zero-order valence-corrected chi connectivity index (χ0v) is 21.4. The average Bonchev–Trinajstić information content (AvgIpc) is 3.33. The topological polar surface area (TPSA) is 29.0 Å². The Labute approximate surface area is 228 Å². The minimum Gasteiger partial charge on any atom is -0.355 e. The third-order valence-corrected chi connectivity index (χ3v) is 7.15. The first-order valence-electron chi connectivity index (χ1n) is 13.2. The van der Waals surface area contributed by atoms with Crippen LogP contribution in [0.25, 0.3) is 38.6 Å². The van der Waals surface area contributed by atoms with Crippen LogP contribution >= 0.6 is 0 Å². The van der Waals surface area contributed by atoms with Gasteiger partial charge in [0.1, 0.15) is 0 Å². The van der Waals surface area contributed by atoms with E-state index in [0.717, 1.165) is 39.6 Å². The molecule has 0 saturated carbocycles. The third-order valence-electron chi connectivity index (χ3n) is 7.15. The highest BCUT2D eigenvalue weighted by Crippen LogP contribution is 2.41. The maximum absolute atomic E-state index is 3.67. The molecule has 3 heteroatoms. The first-order valence-corrected chi connectivity index (χ1v) is 13.2. The number of nitrogens with one attached hydrogen (secondary N) is 2. The summed E-state index contributed by atoms with van der Waals surface area (Å²) < 4.78 is 2.35. The lowest BCUT2D eigenvalue weighted by Gasteiger charge is -2.18. The van der Waals surface area contributed by atoms with Crippen molar-refractivity contribution in [3.8, 4) is 16.8 Å². The van der Waals surface area contributed by atoms with E-state index in [9.17, 15) is 0 Å². The lowest BCUT2D eigenvalue weighted by Crippen LogP contribution is -1.99. The van der Waals surface area contributed by atoms with Crippen LogP contribution in [0.2, 0.25) is 0 Å². The van der Waals surface area contributed by atoms with E-state index in [4.69, 9.17) is 0 Å². The Hall–Kier alpha value is -5.28. The molecule has 0 spiro atoms. The van der Waals surface area contributed by atoms with Crippen molar-refractivity contribution in [2.24, 2.45) is 0 Å². The second-order valence-electron chi connectivity index (χ2n) is 9.63. The summed E-state index contributed by atoms with van der Waals surface area (Å²) in [5.74, 6) is 0. The van der Waals surface area contributed by atoms with Crippen molar-refractivity contribution in [1.29, 1.82) is 0 Å². The molecule has 0 bridgehead atoms. The van der Waals surface area contributed by atoms with Crippen molar-refractivity contribution in [1.82, 2.24) is 4.57 Å². The Balaban J connectivity index is 1.45. The maximum Gasteiger partial charge on any atom is 0.0541 e. The normalized spacial score (nSPS) is 11.1. The lowest BCUT2D eigenvalue weighted by molar-refractivity contribution is 1.18. The van der Waals surface area contributed by atoms with Crippen molar-refractivity contribution in [3.05, 3.63) is 152 Å². The van der Waals surface area contributed by atoms with Crippen molar-refractivity contribution < 1.29 is 0 Å². The number of hydrogen-bond donors (Lipinski definition) is 2. The molecule has 186 valence electrons. The van der Waals surface area contributed by atoms with Crippen LogP contribution in [0.3, 0.4) is 0 Å². The molecule has 0 fully saturated rings. The Morgan fingerprint density at radius 3 is 1.59 bits per heavy atom. The maximum atomic E-state index is 3.67. The largest absolute Gasteiger partial charge is 0.355 e. The third kappa shape index (κ3) is 4.30. The van der Waals surface area contributed by atoms with E-state index < -0.39 is 0 Å². The standard InChI is InChI=1S/C36H27N3/c1-4-13-27(14-5-1)37-32-20-12-21-33(38-28-15-6-2-7-16-28)36(32)26-23-24-35-31(25-26)30-19-10-11-22-34(30)39(35)29-17-8-3-9-18-29/h1-25,37-38H.